The molecular formula is C14H10BrFN2. The average molecular weight is 305 g/mol. The molecule has 0 spiro atoms. The van der Waals surface area contributed by atoms with Crippen molar-refractivity contribution in [1.82, 2.24) is 9.97 Å². The summed E-state index contributed by atoms with van der Waals surface area (Å²) >= 11 is 3.40. The Kier molecular flexibility index (Phi) is 2.67. The number of aromatic amines is 1. The summed E-state index contributed by atoms with van der Waals surface area (Å²) in [6, 6.07) is 11.1. The smallest absolute Gasteiger partial charge is 0.141 e. The molecule has 0 amide bonds. The Bertz CT molecular complexity index is 734. The molecule has 1 N–H and O–H groups in total. The minimum absolute atomic E-state index is 0.226. The Hall–Kier alpha value is -1.68. The monoisotopic (exact) mass is 304 g/mol. The van der Waals surface area contributed by atoms with Crippen molar-refractivity contribution in [3.8, 4) is 11.4 Å². The number of nitrogens with one attached hydrogen (secondary N) is 1. The lowest BCUT2D eigenvalue weighted by molar-refractivity contribution is 0.621. The van der Waals surface area contributed by atoms with E-state index in [1.165, 1.54) is 0 Å². The van der Waals surface area contributed by atoms with Crippen LogP contribution in [0, 0.1) is 12.7 Å². The minimum atomic E-state index is -0.226. The van der Waals surface area contributed by atoms with Crippen molar-refractivity contribution in [2.24, 2.45) is 0 Å². The summed E-state index contributed by atoms with van der Waals surface area (Å²) in [7, 11) is 0. The Morgan fingerprint density at radius 2 is 2.06 bits per heavy atom. The predicted octanol–water partition coefficient (Wildman–Crippen LogP) is 4.44. The van der Waals surface area contributed by atoms with Crippen LogP contribution in [0.2, 0.25) is 0 Å². The van der Waals surface area contributed by atoms with E-state index in [0.717, 1.165) is 15.5 Å². The van der Waals surface area contributed by atoms with Crippen LogP contribution in [0.25, 0.3) is 22.4 Å². The summed E-state index contributed by atoms with van der Waals surface area (Å²) < 4.78 is 15.0. The molecule has 0 unspecified atom stereocenters. The lowest BCUT2D eigenvalue weighted by Gasteiger charge is -2.01. The highest BCUT2D eigenvalue weighted by atomic mass is 79.9. The summed E-state index contributed by atoms with van der Waals surface area (Å²) in [5, 5.41) is 0. The summed E-state index contributed by atoms with van der Waals surface area (Å²) in [4.78, 5) is 7.55. The third kappa shape index (κ3) is 1.82. The third-order valence-corrected chi connectivity index (χ3v) is 3.38. The fourth-order valence-corrected chi connectivity index (χ4v) is 2.30. The quantitative estimate of drug-likeness (QED) is 0.707. The highest BCUT2D eigenvalue weighted by Gasteiger charge is 2.11. The fraction of sp³-hybridized carbons (Fsp3) is 0.0714. The molecule has 0 radical (unpaired) electrons. The number of hydrogen-bond donors (Lipinski definition) is 1. The van der Waals surface area contributed by atoms with Crippen molar-refractivity contribution in [3.05, 3.63) is 52.3 Å². The van der Waals surface area contributed by atoms with Crippen molar-refractivity contribution >= 4 is 27.0 Å². The molecule has 0 bridgehead atoms. The Balaban J connectivity index is 2.22. The van der Waals surface area contributed by atoms with Crippen molar-refractivity contribution in [2.75, 3.05) is 0 Å². The Labute approximate surface area is 112 Å². The first kappa shape index (κ1) is 11.4. The standard InChI is InChI=1S/C14H10BrFN2/c1-8-3-2-4-10(13(8)16)14-17-11-6-5-9(15)7-12(11)18-14/h2-7H,1H3,(H,17,18). The fourth-order valence-electron chi connectivity index (χ4n) is 1.94. The van der Waals surface area contributed by atoms with Gasteiger partial charge in [0, 0.05) is 4.47 Å². The highest BCUT2D eigenvalue weighted by Crippen LogP contribution is 2.26. The van der Waals surface area contributed by atoms with Gasteiger partial charge < -0.3 is 4.98 Å². The zero-order chi connectivity index (χ0) is 12.7. The van der Waals surface area contributed by atoms with Crippen LogP contribution in [0.5, 0.6) is 0 Å². The van der Waals surface area contributed by atoms with Crippen molar-refractivity contribution in [2.45, 2.75) is 6.92 Å². The zero-order valence-electron chi connectivity index (χ0n) is 9.67. The van der Waals surface area contributed by atoms with E-state index >= 15 is 0 Å². The van der Waals surface area contributed by atoms with E-state index in [0.29, 0.717) is 17.0 Å². The SMILES string of the molecule is Cc1cccc(-c2nc3ccc(Br)cc3[nH]2)c1F. The topological polar surface area (TPSA) is 28.7 Å². The van der Waals surface area contributed by atoms with Gasteiger partial charge in [-0.15, -0.1) is 0 Å². The Morgan fingerprint density at radius 1 is 1.22 bits per heavy atom. The van der Waals surface area contributed by atoms with Gasteiger partial charge in [0.2, 0.25) is 0 Å². The molecule has 1 aromatic heterocycles. The molecule has 3 aromatic rings. The summed E-state index contributed by atoms with van der Waals surface area (Å²) in [6.45, 7) is 1.75. The maximum Gasteiger partial charge on any atom is 0.141 e. The first-order valence-electron chi connectivity index (χ1n) is 5.56. The minimum Gasteiger partial charge on any atom is -0.338 e. The van der Waals surface area contributed by atoms with Crippen LogP contribution in [-0.4, -0.2) is 9.97 Å². The van der Waals surface area contributed by atoms with Gasteiger partial charge in [0.15, 0.2) is 0 Å². The van der Waals surface area contributed by atoms with Crippen LogP contribution in [-0.2, 0) is 0 Å². The lowest BCUT2D eigenvalue weighted by atomic mass is 10.1. The predicted molar refractivity (Wildman–Crippen MR) is 73.9 cm³/mol. The number of aromatic nitrogens is 2. The molecule has 0 aliphatic heterocycles. The molecule has 0 aliphatic carbocycles. The van der Waals surface area contributed by atoms with E-state index < -0.39 is 0 Å². The number of nitrogens with zero attached hydrogens (tertiary/aromatic N) is 1. The molecule has 0 aliphatic rings. The molecule has 0 atom stereocenters. The molecule has 4 heteroatoms. The van der Waals surface area contributed by atoms with Crippen LogP contribution < -0.4 is 0 Å². The van der Waals surface area contributed by atoms with Gasteiger partial charge in [-0.2, -0.15) is 0 Å². The Morgan fingerprint density at radius 3 is 2.89 bits per heavy atom. The van der Waals surface area contributed by atoms with Gasteiger partial charge in [-0.05, 0) is 36.8 Å². The summed E-state index contributed by atoms with van der Waals surface area (Å²) in [5.41, 5.74) is 2.84. The number of hydrogen-bond acceptors (Lipinski definition) is 1. The second kappa shape index (κ2) is 4.21. The van der Waals surface area contributed by atoms with E-state index in [-0.39, 0.29) is 5.82 Å². The summed E-state index contributed by atoms with van der Waals surface area (Å²) in [6.07, 6.45) is 0. The van der Waals surface area contributed by atoms with Gasteiger partial charge in [-0.25, -0.2) is 9.37 Å². The number of fused-ring (bicyclic) bond motifs is 1. The van der Waals surface area contributed by atoms with Gasteiger partial charge in [-0.3, -0.25) is 0 Å². The number of H-pyrrole nitrogens is 1. The molecule has 2 nitrogen and oxygen atoms in total. The number of halogens is 2. The number of rotatable bonds is 1. The van der Waals surface area contributed by atoms with Gasteiger partial charge in [0.1, 0.15) is 11.6 Å². The van der Waals surface area contributed by atoms with E-state index in [1.54, 1.807) is 19.1 Å². The number of aryl methyl sites for hydroxylation is 1. The molecule has 18 heavy (non-hydrogen) atoms. The molecule has 0 saturated heterocycles. The van der Waals surface area contributed by atoms with E-state index in [1.807, 2.05) is 24.3 Å². The first-order valence-corrected chi connectivity index (χ1v) is 6.35. The van der Waals surface area contributed by atoms with Gasteiger partial charge >= 0.3 is 0 Å². The van der Waals surface area contributed by atoms with E-state index in [2.05, 4.69) is 25.9 Å². The molecule has 90 valence electrons. The van der Waals surface area contributed by atoms with Gasteiger partial charge in [-0.1, -0.05) is 28.1 Å². The van der Waals surface area contributed by atoms with Gasteiger partial charge in [0.05, 0.1) is 16.6 Å². The zero-order valence-corrected chi connectivity index (χ0v) is 11.3. The normalized spacial score (nSPS) is 11.1. The van der Waals surface area contributed by atoms with Crippen LogP contribution in [0.3, 0.4) is 0 Å². The number of imidazole rings is 1. The summed E-state index contributed by atoms with van der Waals surface area (Å²) in [5.74, 6) is 0.333. The second-order valence-corrected chi connectivity index (χ2v) is 5.10. The maximum atomic E-state index is 14.0. The van der Waals surface area contributed by atoms with Crippen LogP contribution in [0.15, 0.2) is 40.9 Å². The molecule has 0 saturated carbocycles. The lowest BCUT2D eigenvalue weighted by Crippen LogP contribution is -1.89. The van der Waals surface area contributed by atoms with Crippen LogP contribution in [0.1, 0.15) is 5.56 Å². The molecule has 1 heterocycles. The first-order chi connectivity index (χ1) is 8.65. The molecule has 2 aromatic carbocycles. The number of benzene rings is 2. The third-order valence-electron chi connectivity index (χ3n) is 2.89. The largest absolute Gasteiger partial charge is 0.338 e. The molecule has 3 rings (SSSR count). The molecular weight excluding hydrogens is 295 g/mol. The van der Waals surface area contributed by atoms with Crippen molar-refractivity contribution in [3.63, 3.8) is 0 Å². The highest BCUT2D eigenvalue weighted by molar-refractivity contribution is 9.10. The second-order valence-electron chi connectivity index (χ2n) is 4.18. The van der Waals surface area contributed by atoms with E-state index in [4.69, 9.17) is 0 Å². The van der Waals surface area contributed by atoms with Crippen LogP contribution >= 0.6 is 15.9 Å². The van der Waals surface area contributed by atoms with Crippen molar-refractivity contribution < 1.29 is 4.39 Å². The van der Waals surface area contributed by atoms with E-state index in [9.17, 15) is 4.39 Å². The van der Waals surface area contributed by atoms with Gasteiger partial charge in [0.25, 0.3) is 0 Å². The molecule has 0 fully saturated rings. The average Bonchev–Trinajstić information content (AvgIpc) is 2.75. The van der Waals surface area contributed by atoms with Crippen molar-refractivity contribution in [1.29, 1.82) is 0 Å². The van der Waals surface area contributed by atoms with Crippen LogP contribution in [0.4, 0.5) is 4.39 Å². The maximum absolute atomic E-state index is 14.0.